The van der Waals surface area contributed by atoms with E-state index in [4.69, 9.17) is 4.74 Å². The number of nitrogens with one attached hydrogen (secondary N) is 1. The number of benzene rings is 3. The van der Waals surface area contributed by atoms with Crippen LogP contribution in [-0.4, -0.2) is 27.0 Å². The Hall–Kier alpha value is -2.68. The van der Waals surface area contributed by atoms with Crippen LogP contribution in [-0.2, 0) is 27.8 Å². The van der Waals surface area contributed by atoms with Gasteiger partial charge in [-0.1, -0.05) is 46.3 Å². The highest BCUT2D eigenvalue weighted by atomic mass is 79.9. The standard InChI is InChI=1S/C24H23BrN2O4S/c1-17-13-19-14-20(25)7-12-23(19)27(17)24(28)16-31-21-8-10-22(11-9-21)32(29,30)26-15-18-5-3-2-4-6-18/h2-12,14,17,26H,13,15-16H2,1H3/t17-/m1/s1. The van der Waals surface area contributed by atoms with Crippen LogP contribution in [0.1, 0.15) is 18.1 Å². The molecule has 1 aliphatic rings. The van der Waals surface area contributed by atoms with Gasteiger partial charge >= 0.3 is 0 Å². The van der Waals surface area contributed by atoms with Gasteiger partial charge in [-0.3, -0.25) is 4.79 Å². The minimum Gasteiger partial charge on any atom is -0.484 e. The van der Waals surface area contributed by atoms with Crippen LogP contribution in [0, 0.1) is 0 Å². The van der Waals surface area contributed by atoms with Crippen LogP contribution in [0.25, 0.3) is 0 Å². The Morgan fingerprint density at radius 2 is 1.81 bits per heavy atom. The molecule has 1 aliphatic heterocycles. The zero-order chi connectivity index (χ0) is 22.7. The first-order chi connectivity index (χ1) is 15.3. The van der Waals surface area contributed by atoms with Crippen molar-refractivity contribution in [2.24, 2.45) is 0 Å². The number of carbonyl (C=O) groups excluding carboxylic acids is 1. The van der Waals surface area contributed by atoms with Crippen molar-refractivity contribution in [3.8, 4) is 5.75 Å². The van der Waals surface area contributed by atoms with Crippen LogP contribution >= 0.6 is 15.9 Å². The molecule has 0 fully saturated rings. The lowest BCUT2D eigenvalue weighted by Gasteiger charge is -2.22. The van der Waals surface area contributed by atoms with Gasteiger partial charge in [-0.2, -0.15) is 0 Å². The Morgan fingerprint density at radius 1 is 1.09 bits per heavy atom. The molecule has 3 aromatic carbocycles. The van der Waals surface area contributed by atoms with E-state index >= 15 is 0 Å². The summed E-state index contributed by atoms with van der Waals surface area (Å²) in [6, 6.07) is 21.3. The maximum atomic E-state index is 12.8. The second-order valence-electron chi connectivity index (χ2n) is 7.66. The summed E-state index contributed by atoms with van der Waals surface area (Å²) in [6.07, 6.45) is 0.795. The van der Waals surface area contributed by atoms with E-state index in [1.807, 2.05) is 55.5 Å². The van der Waals surface area contributed by atoms with Gasteiger partial charge in [0.05, 0.1) is 4.90 Å². The van der Waals surface area contributed by atoms with Gasteiger partial charge in [-0.25, -0.2) is 13.1 Å². The Balaban J connectivity index is 1.36. The fourth-order valence-corrected chi connectivity index (χ4v) is 5.19. The fourth-order valence-electron chi connectivity index (χ4n) is 3.77. The molecule has 1 amide bonds. The van der Waals surface area contributed by atoms with E-state index in [1.54, 1.807) is 17.0 Å². The molecule has 1 N–H and O–H groups in total. The summed E-state index contributed by atoms with van der Waals surface area (Å²) in [7, 11) is -3.65. The quantitative estimate of drug-likeness (QED) is 0.510. The minimum atomic E-state index is -3.65. The number of nitrogens with zero attached hydrogens (tertiary/aromatic N) is 1. The van der Waals surface area contributed by atoms with Crippen molar-refractivity contribution < 1.29 is 17.9 Å². The second-order valence-corrected chi connectivity index (χ2v) is 10.3. The Labute approximate surface area is 196 Å². The molecule has 3 aromatic rings. The molecular formula is C24H23BrN2O4S. The summed E-state index contributed by atoms with van der Waals surface area (Å²) in [6.45, 7) is 2.09. The third-order valence-electron chi connectivity index (χ3n) is 5.33. The number of anilines is 1. The van der Waals surface area contributed by atoms with Crippen LogP contribution in [0.4, 0.5) is 5.69 Å². The molecular weight excluding hydrogens is 492 g/mol. The first-order valence-electron chi connectivity index (χ1n) is 10.2. The maximum Gasteiger partial charge on any atom is 0.265 e. The lowest BCUT2D eigenvalue weighted by molar-refractivity contribution is -0.120. The lowest BCUT2D eigenvalue weighted by atomic mass is 10.1. The number of ether oxygens (including phenoxy) is 1. The van der Waals surface area contributed by atoms with Gasteiger partial charge in [-0.15, -0.1) is 0 Å². The molecule has 0 unspecified atom stereocenters. The largest absolute Gasteiger partial charge is 0.484 e. The minimum absolute atomic E-state index is 0.0543. The van der Waals surface area contributed by atoms with E-state index in [-0.39, 0.29) is 30.0 Å². The van der Waals surface area contributed by atoms with Gasteiger partial charge in [0.25, 0.3) is 5.91 Å². The van der Waals surface area contributed by atoms with Crippen molar-refractivity contribution in [3.63, 3.8) is 0 Å². The van der Waals surface area contributed by atoms with Gasteiger partial charge in [-0.05, 0) is 66.9 Å². The van der Waals surface area contributed by atoms with E-state index in [9.17, 15) is 13.2 Å². The molecule has 6 nitrogen and oxygen atoms in total. The van der Waals surface area contributed by atoms with Crippen LogP contribution in [0.5, 0.6) is 5.75 Å². The Kier molecular flexibility index (Phi) is 6.64. The van der Waals surface area contributed by atoms with Gasteiger partial charge in [0.1, 0.15) is 5.75 Å². The highest BCUT2D eigenvalue weighted by Crippen LogP contribution is 2.34. The molecule has 8 heteroatoms. The number of sulfonamides is 1. The predicted octanol–water partition coefficient (Wildman–Crippen LogP) is 4.28. The number of rotatable bonds is 7. The summed E-state index contributed by atoms with van der Waals surface area (Å²) in [5.74, 6) is 0.294. The van der Waals surface area contributed by atoms with Crippen molar-refractivity contribution in [2.75, 3.05) is 11.5 Å². The number of halogens is 1. The average molecular weight is 515 g/mol. The molecule has 4 rings (SSSR count). The monoisotopic (exact) mass is 514 g/mol. The smallest absolute Gasteiger partial charge is 0.265 e. The zero-order valence-electron chi connectivity index (χ0n) is 17.5. The molecule has 0 radical (unpaired) electrons. The normalized spacial score (nSPS) is 15.4. The van der Waals surface area contributed by atoms with Gasteiger partial charge < -0.3 is 9.64 Å². The second kappa shape index (κ2) is 9.44. The lowest BCUT2D eigenvalue weighted by Crippen LogP contribution is -2.39. The van der Waals surface area contributed by atoms with E-state index in [0.717, 1.165) is 27.7 Å². The highest BCUT2D eigenvalue weighted by molar-refractivity contribution is 9.10. The zero-order valence-corrected chi connectivity index (χ0v) is 19.9. The van der Waals surface area contributed by atoms with E-state index in [1.165, 1.54) is 12.1 Å². The Bertz CT molecular complexity index is 1210. The molecule has 32 heavy (non-hydrogen) atoms. The third-order valence-corrected chi connectivity index (χ3v) is 7.24. The topological polar surface area (TPSA) is 75.7 Å². The van der Waals surface area contributed by atoms with Crippen LogP contribution < -0.4 is 14.4 Å². The molecule has 0 bridgehead atoms. The number of carbonyl (C=O) groups is 1. The molecule has 0 saturated carbocycles. The molecule has 0 saturated heterocycles. The van der Waals surface area contributed by atoms with Crippen molar-refractivity contribution in [1.29, 1.82) is 0 Å². The summed E-state index contributed by atoms with van der Waals surface area (Å²) in [5, 5.41) is 0. The average Bonchev–Trinajstić information content (AvgIpc) is 3.12. The molecule has 0 aliphatic carbocycles. The fraction of sp³-hybridized carbons (Fsp3) is 0.208. The van der Waals surface area contributed by atoms with Crippen LogP contribution in [0.15, 0.2) is 82.2 Å². The number of hydrogen-bond donors (Lipinski definition) is 1. The first-order valence-corrected chi connectivity index (χ1v) is 12.5. The van der Waals surface area contributed by atoms with Crippen molar-refractivity contribution >= 4 is 37.5 Å². The summed E-state index contributed by atoms with van der Waals surface area (Å²) in [5.41, 5.74) is 2.90. The predicted molar refractivity (Wildman–Crippen MR) is 127 cm³/mol. The number of hydrogen-bond acceptors (Lipinski definition) is 4. The summed E-state index contributed by atoms with van der Waals surface area (Å²) < 4.78 is 34.3. The third kappa shape index (κ3) is 5.03. The molecule has 0 aromatic heterocycles. The molecule has 1 atom stereocenters. The molecule has 166 valence electrons. The number of amides is 1. The van der Waals surface area contributed by atoms with Gasteiger partial charge in [0.15, 0.2) is 6.61 Å². The highest BCUT2D eigenvalue weighted by Gasteiger charge is 2.31. The number of fused-ring (bicyclic) bond motifs is 1. The van der Waals surface area contributed by atoms with E-state index in [2.05, 4.69) is 20.7 Å². The van der Waals surface area contributed by atoms with Crippen LogP contribution in [0.2, 0.25) is 0 Å². The summed E-state index contributed by atoms with van der Waals surface area (Å²) in [4.78, 5) is 14.7. The molecule has 0 spiro atoms. The van der Waals surface area contributed by atoms with Crippen molar-refractivity contribution in [3.05, 3.63) is 88.4 Å². The van der Waals surface area contributed by atoms with Crippen LogP contribution in [0.3, 0.4) is 0 Å². The van der Waals surface area contributed by atoms with Gasteiger partial charge in [0, 0.05) is 22.7 Å². The summed E-state index contributed by atoms with van der Waals surface area (Å²) >= 11 is 3.47. The first kappa shape index (κ1) is 22.5. The molecule has 1 heterocycles. The maximum absolute atomic E-state index is 12.8. The van der Waals surface area contributed by atoms with Crippen molar-refractivity contribution in [1.82, 2.24) is 4.72 Å². The van der Waals surface area contributed by atoms with E-state index in [0.29, 0.717) is 5.75 Å². The Morgan fingerprint density at radius 3 is 2.53 bits per heavy atom. The van der Waals surface area contributed by atoms with Crippen molar-refractivity contribution in [2.45, 2.75) is 30.8 Å². The SMILES string of the molecule is C[C@@H]1Cc2cc(Br)ccc2N1C(=O)COc1ccc(S(=O)(=O)NCc2ccccc2)cc1. The van der Waals surface area contributed by atoms with E-state index < -0.39 is 10.0 Å². The van der Waals surface area contributed by atoms with Gasteiger partial charge in [0.2, 0.25) is 10.0 Å².